The van der Waals surface area contributed by atoms with E-state index in [1.54, 1.807) is 10.7 Å². The molecule has 2 rings (SSSR count). The zero-order chi connectivity index (χ0) is 13.0. The molecule has 0 amide bonds. The van der Waals surface area contributed by atoms with Gasteiger partial charge in [0, 0.05) is 10.7 Å². The van der Waals surface area contributed by atoms with Crippen LogP contribution in [-0.4, -0.2) is 21.5 Å². The Morgan fingerprint density at radius 2 is 2.22 bits per heavy atom. The molecule has 0 radical (unpaired) electrons. The molecule has 0 spiro atoms. The lowest BCUT2D eigenvalue weighted by molar-refractivity contribution is 0.619. The van der Waals surface area contributed by atoms with Crippen LogP contribution in [0.4, 0.5) is 4.39 Å². The molecule has 0 aliphatic carbocycles. The Bertz CT molecular complexity index is 527. The van der Waals surface area contributed by atoms with Gasteiger partial charge >= 0.3 is 0 Å². The number of aromatic nitrogens is 3. The summed E-state index contributed by atoms with van der Waals surface area (Å²) in [6.45, 7) is 1.22. The van der Waals surface area contributed by atoms with E-state index in [9.17, 15) is 4.39 Å². The van der Waals surface area contributed by atoms with Crippen molar-refractivity contribution in [1.82, 2.24) is 15.0 Å². The van der Waals surface area contributed by atoms with Gasteiger partial charge in [-0.05, 0) is 37.1 Å². The predicted molar refractivity (Wildman–Crippen MR) is 70.6 cm³/mol. The molecular formula is C12H14BrFN4. The fraction of sp³-hybridized carbons (Fsp3) is 0.333. The molecule has 0 saturated carbocycles. The zero-order valence-corrected chi connectivity index (χ0v) is 11.4. The van der Waals surface area contributed by atoms with Gasteiger partial charge in [0.25, 0.3) is 0 Å². The first-order valence-corrected chi connectivity index (χ1v) is 6.51. The summed E-state index contributed by atoms with van der Waals surface area (Å²) < 4.78 is 15.4. The molecule has 0 fully saturated rings. The molecule has 96 valence electrons. The van der Waals surface area contributed by atoms with E-state index in [0.717, 1.165) is 28.6 Å². The Labute approximate surface area is 113 Å². The van der Waals surface area contributed by atoms with Crippen LogP contribution in [0.5, 0.6) is 0 Å². The highest BCUT2D eigenvalue weighted by Gasteiger charge is 2.05. The number of nitrogens with zero attached hydrogens (tertiary/aromatic N) is 3. The topological polar surface area (TPSA) is 56.7 Å². The molecule has 2 aromatic rings. The summed E-state index contributed by atoms with van der Waals surface area (Å²) in [6.07, 6.45) is 3.63. The van der Waals surface area contributed by atoms with Gasteiger partial charge < -0.3 is 5.73 Å². The lowest BCUT2D eigenvalue weighted by atomic mass is 10.2. The van der Waals surface area contributed by atoms with E-state index in [-0.39, 0.29) is 5.82 Å². The van der Waals surface area contributed by atoms with E-state index in [2.05, 4.69) is 26.2 Å². The second-order valence-corrected chi connectivity index (χ2v) is 4.89. The first-order valence-electron chi connectivity index (χ1n) is 5.72. The van der Waals surface area contributed by atoms with E-state index < -0.39 is 0 Å². The Kier molecular flexibility index (Phi) is 4.43. The van der Waals surface area contributed by atoms with Crippen LogP contribution in [0, 0.1) is 5.82 Å². The minimum atomic E-state index is -0.257. The molecule has 2 N–H and O–H groups in total. The van der Waals surface area contributed by atoms with E-state index >= 15 is 0 Å². The van der Waals surface area contributed by atoms with E-state index in [0.29, 0.717) is 13.1 Å². The molecule has 6 heteroatoms. The monoisotopic (exact) mass is 312 g/mol. The number of hydrogen-bond donors (Lipinski definition) is 1. The van der Waals surface area contributed by atoms with Crippen LogP contribution in [0.25, 0.3) is 0 Å². The SMILES string of the molecule is NCCCc1cn(Cc2ccc(F)cc2Br)nn1. The average molecular weight is 313 g/mol. The molecule has 1 heterocycles. The zero-order valence-electron chi connectivity index (χ0n) is 9.81. The maximum absolute atomic E-state index is 13.0. The van der Waals surface area contributed by atoms with Gasteiger partial charge in [-0.15, -0.1) is 5.10 Å². The minimum absolute atomic E-state index is 0.257. The number of hydrogen-bond acceptors (Lipinski definition) is 3. The molecule has 0 saturated heterocycles. The summed E-state index contributed by atoms with van der Waals surface area (Å²) in [6, 6.07) is 4.62. The van der Waals surface area contributed by atoms with E-state index in [1.165, 1.54) is 12.1 Å². The summed E-state index contributed by atoms with van der Waals surface area (Å²) in [5.74, 6) is -0.257. The third-order valence-electron chi connectivity index (χ3n) is 2.57. The van der Waals surface area contributed by atoms with Crippen molar-refractivity contribution in [1.29, 1.82) is 0 Å². The molecule has 1 aromatic carbocycles. The van der Waals surface area contributed by atoms with Crippen molar-refractivity contribution in [3.8, 4) is 0 Å². The maximum Gasteiger partial charge on any atom is 0.124 e. The lowest BCUT2D eigenvalue weighted by Gasteiger charge is -2.03. The standard InChI is InChI=1S/C12H14BrFN4/c13-12-6-10(14)4-3-9(12)7-18-8-11(16-17-18)2-1-5-15/h3-4,6,8H,1-2,5,7,15H2. The van der Waals surface area contributed by atoms with Crippen molar-refractivity contribution < 1.29 is 4.39 Å². The van der Waals surface area contributed by atoms with Gasteiger partial charge in [-0.25, -0.2) is 9.07 Å². The van der Waals surface area contributed by atoms with Gasteiger partial charge in [0.15, 0.2) is 0 Å². The summed E-state index contributed by atoms with van der Waals surface area (Å²) in [5, 5.41) is 8.10. The number of halogens is 2. The van der Waals surface area contributed by atoms with Crippen molar-refractivity contribution in [3.63, 3.8) is 0 Å². The van der Waals surface area contributed by atoms with Crippen LogP contribution in [-0.2, 0) is 13.0 Å². The van der Waals surface area contributed by atoms with Crippen LogP contribution in [0.15, 0.2) is 28.9 Å². The first-order chi connectivity index (χ1) is 8.69. The first kappa shape index (κ1) is 13.2. The third kappa shape index (κ3) is 3.36. The van der Waals surface area contributed by atoms with Crippen LogP contribution >= 0.6 is 15.9 Å². The molecule has 4 nitrogen and oxygen atoms in total. The highest BCUT2D eigenvalue weighted by Crippen LogP contribution is 2.18. The van der Waals surface area contributed by atoms with Crippen molar-refractivity contribution >= 4 is 15.9 Å². The Morgan fingerprint density at radius 3 is 2.94 bits per heavy atom. The van der Waals surface area contributed by atoms with E-state index in [1.807, 2.05) is 6.20 Å². The van der Waals surface area contributed by atoms with Gasteiger partial charge in [-0.3, -0.25) is 0 Å². The van der Waals surface area contributed by atoms with Crippen molar-refractivity contribution in [2.24, 2.45) is 5.73 Å². The number of benzene rings is 1. The second-order valence-electron chi connectivity index (χ2n) is 4.04. The van der Waals surface area contributed by atoms with Gasteiger partial charge in [-0.1, -0.05) is 27.2 Å². The van der Waals surface area contributed by atoms with Gasteiger partial charge in [-0.2, -0.15) is 0 Å². The summed E-state index contributed by atoms with van der Waals surface area (Å²) in [7, 11) is 0. The quantitative estimate of drug-likeness (QED) is 0.920. The number of rotatable bonds is 5. The second kappa shape index (κ2) is 6.06. The lowest BCUT2D eigenvalue weighted by Crippen LogP contribution is -2.01. The highest BCUT2D eigenvalue weighted by atomic mass is 79.9. The normalized spacial score (nSPS) is 10.8. The van der Waals surface area contributed by atoms with Gasteiger partial charge in [0.05, 0.1) is 12.2 Å². The molecule has 18 heavy (non-hydrogen) atoms. The summed E-state index contributed by atoms with van der Waals surface area (Å²) >= 11 is 3.34. The summed E-state index contributed by atoms with van der Waals surface area (Å²) in [5.41, 5.74) is 7.34. The fourth-order valence-corrected chi connectivity index (χ4v) is 2.11. The van der Waals surface area contributed by atoms with Crippen molar-refractivity contribution in [3.05, 3.63) is 45.9 Å². The van der Waals surface area contributed by atoms with Crippen LogP contribution in [0.1, 0.15) is 17.7 Å². The summed E-state index contributed by atoms with van der Waals surface area (Å²) in [4.78, 5) is 0. The molecule has 0 unspecified atom stereocenters. The molecule has 0 aliphatic heterocycles. The Morgan fingerprint density at radius 1 is 1.39 bits per heavy atom. The molecule has 0 atom stereocenters. The fourth-order valence-electron chi connectivity index (χ4n) is 1.64. The average Bonchev–Trinajstić information content (AvgIpc) is 2.78. The van der Waals surface area contributed by atoms with Crippen molar-refractivity contribution in [2.45, 2.75) is 19.4 Å². The van der Waals surface area contributed by atoms with Gasteiger partial charge in [0.2, 0.25) is 0 Å². The third-order valence-corrected chi connectivity index (χ3v) is 3.31. The smallest absolute Gasteiger partial charge is 0.124 e. The van der Waals surface area contributed by atoms with Gasteiger partial charge in [0.1, 0.15) is 5.82 Å². The predicted octanol–water partition coefficient (Wildman–Crippen LogP) is 2.12. The largest absolute Gasteiger partial charge is 0.330 e. The van der Waals surface area contributed by atoms with Crippen LogP contribution < -0.4 is 5.73 Å². The molecule has 0 bridgehead atoms. The van der Waals surface area contributed by atoms with Crippen LogP contribution in [0.3, 0.4) is 0 Å². The minimum Gasteiger partial charge on any atom is -0.330 e. The molecule has 0 aliphatic rings. The molecular weight excluding hydrogens is 299 g/mol. The van der Waals surface area contributed by atoms with Crippen molar-refractivity contribution in [2.75, 3.05) is 6.54 Å². The molecule has 1 aromatic heterocycles. The van der Waals surface area contributed by atoms with Crippen LogP contribution in [0.2, 0.25) is 0 Å². The number of nitrogens with two attached hydrogens (primary N) is 1. The number of aryl methyl sites for hydroxylation is 1. The highest BCUT2D eigenvalue weighted by molar-refractivity contribution is 9.10. The maximum atomic E-state index is 13.0. The Hall–Kier alpha value is -1.27. The van der Waals surface area contributed by atoms with E-state index in [4.69, 9.17) is 5.73 Å². The Balaban J connectivity index is 2.06.